The van der Waals surface area contributed by atoms with E-state index in [1.807, 2.05) is 12.1 Å². The molecule has 3 fully saturated rings. The summed E-state index contributed by atoms with van der Waals surface area (Å²) in [4.78, 5) is 0. The van der Waals surface area contributed by atoms with Gasteiger partial charge < -0.3 is 14.6 Å². The first-order valence-corrected chi connectivity index (χ1v) is 8.55. The Bertz CT molecular complexity index is 557. The van der Waals surface area contributed by atoms with Gasteiger partial charge in [0.2, 0.25) is 0 Å². The molecule has 3 aliphatic carbocycles. The maximum Gasteiger partial charge on any atom is 0.142 e. The summed E-state index contributed by atoms with van der Waals surface area (Å²) < 4.78 is 11.6. The lowest BCUT2D eigenvalue weighted by Crippen LogP contribution is -2.10. The van der Waals surface area contributed by atoms with Gasteiger partial charge in [-0.15, -0.1) is 0 Å². The van der Waals surface area contributed by atoms with Crippen LogP contribution in [0.15, 0.2) is 16.6 Å². The summed E-state index contributed by atoms with van der Waals surface area (Å²) in [5.74, 6) is 5.12. The largest absolute Gasteiger partial charge is 0.495 e. The Morgan fingerprint density at radius 2 is 1.81 bits per heavy atom. The van der Waals surface area contributed by atoms with E-state index in [2.05, 4.69) is 15.9 Å². The number of aliphatic hydroxyl groups is 1. The molecular formula is C17H21BrO3. The number of methoxy groups -OCH3 is 2. The highest BCUT2D eigenvalue weighted by Crippen LogP contribution is 2.72. The maximum absolute atomic E-state index is 10.9. The zero-order valence-electron chi connectivity index (χ0n) is 12.4. The molecule has 21 heavy (non-hydrogen) atoms. The SMILES string of the molecule is COc1ccc(C(O)C2C3C4CCC(C4)C32)c(OC)c1Br. The normalized spacial score (nSPS) is 37.2. The summed E-state index contributed by atoms with van der Waals surface area (Å²) in [6, 6.07) is 3.85. The van der Waals surface area contributed by atoms with E-state index in [9.17, 15) is 5.11 Å². The summed E-state index contributed by atoms with van der Waals surface area (Å²) in [5.41, 5.74) is 0.893. The first-order valence-electron chi connectivity index (χ1n) is 7.75. The average Bonchev–Trinajstić information content (AvgIpc) is 2.93. The van der Waals surface area contributed by atoms with Crippen LogP contribution < -0.4 is 9.47 Å². The Balaban J connectivity index is 1.64. The van der Waals surface area contributed by atoms with Crippen molar-refractivity contribution < 1.29 is 14.6 Å². The molecule has 5 unspecified atom stereocenters. The number of hydrogen-bond acceptors (Lipinski definition) is 3. The molecule has 1 N–H and O–H groups in total. The van der Waals surface area contributed by atoms with Crippen LogP contribution in [-0.2, 0) is 0 Å². The van der Waals surface area contributed by atoms with E-state index in [0.29, 0.717) is 11.7 Å². The van der Waals surface area contributed by atoms with E-state index in [-0.39, 0.29) is 0 Å². The summed E-state index contributed by atoms with van der Waals surface area (Å²) in [7, 11) is 3.28. The summed E-state index contributed by atoms with van der Waals surface area (Å²) in [6.45, 7) is 0. The highest BCUT2D eigenvalue weighted by Gasteiger charge is 2.67. The molecular weight excluding hydrogens is 332 g/mol. The quantitative estimate of drug-likeness (QED) is 0.895. The predicted octanol–water partition coefficient (Wildman–Crippen LogP) is 3.79. The van der Waals surface area contributed by atoms with Crippen molar-refractivity contribution in [3.63, 3.8) is 0 Å². The number of rotatable bonds is 4. The lowest BCUT2D eigenvalue weighted by atomic mass is 9.94. The minimum Gasteiger partial charge on any atom is -0.495 e. The third kappa shape index (κ3) is 1.88. The van der Waals surface area contributed by atoms with Crippen LogP contribution in [0, 0.1) is 29.6 Å². The molecule has 0 radical (unpaired) electrons. The third-order valence-electron chi connectivity index (χ3n) is 5.99. The summed E-state index contributed by atoms with van der Waals surface area (Å²) in [6.07, 6.45) is 3.74. The lowest BCUT2D eigenvalue weighted by Gasteiger charge is -2.20. The van der Waals surface area contributed by atoms with E-state index in [1.54, 1.807) is 14.2 Å². The zero-order valence-corrected chi connectivity index (χ0v) is 14.0. The van der Waals surface area contributed by atoms with Gasteiger partial charge in [0.15, 0.2) is 0 Å². The van der Waals surface area contributed by atoms with Crippen molar-refractivity contribution in [2.75, 3.05) is 14.2 Å². The fourth-order valence-electron chi connectivity index (χ4n) is 5.17. The van der Waals surface area contributed by atoms with Gasteiger partial charge in [-0.05, 0) is 76.9 Å². The van der Waals surface area contributed by atoms with Crippen LogP contribution in [0.2, 0.25) is 0 Å². The van der Waals surface area contributed by atoms with Gasteiger partial charge in [-0.2, -0.15) is 0 Å². The standard InChI is InChI=1S/C17H21BrO3/c1-20-11-6-5-10(17(21-2)15(11)18)16(19)14-12-8-3-4-9(7-8)13(12)14/h5-6,8-9,12-14,16,19H,3-4,7H2,1-2H3. The molecule has 0 saturated heterocycles. The van der Waals surface area contributed by atoms with E-state index in [4.69, 9.17) is 9.47 Å². The van der Waals surface area contributed by atoms with E-state index < -0.39 is 6.10 Å². The highest BCUT2D eigenvalue weighted by atomic mass is 79.9. The number of fused-ring (bicyclic) bond motifs is 5. The third-order valence-corrected chi connectivity index (χ3v) is 6.75. The maximum atomic E-state index is 10.9. The van der Waals surface area contributed by atoms with E-state index in [0.717, 1.165) is 39.5 Å². The number of halogens is 1. The zero-order chi connectivity index (χ0) is 14.7. The van der Waals surface area contributed by atoms with Crippen molar-refractivity contribution in [1.29, 1.82) is 0 Å². The van der Waals surface area contributed by atoms with Gasteiger partial charge in [-0.3, -0.25) is 0 Å². The van der Waals surface area contributed by atoms with Crippen molar-refractivity contribution in [3.05, 3.63) is 22.2 Å². The second kappa shape index (κ2) is 4.88. The Morgan fingerprint density at radius 1 is 1.14 bits per heavy atom. The van der Waals surface area contributed by atoms with Gasteiger partial charge in [-0.25, -0.2) is 0 Å². The molecule has 4 rings (SSSR count). The van der Waals surface area contributed by atoms with E-state index in [1.165, 1.54) is 19.3 Å². The second-order valence-corrected chi connectivity index (χ2v) is 7.51. The van der Waals surface area contributed by atoms with Crippen molar-refractivity contribution in [1.82, 2.24) is 0 Å². The fraction of sp³-hybridized carbons (Fsp3) is 0.647. The van der Waals surface area contributed by atoms with E-state index >= 15 is 0 Å². The van der Waals surface area contributed by atoms with Gasteiger partial charge in [0.25, 0.3) is 0 Å². The molecule has 1 aromatic carbocycles. The summed E-state index contributed by atoms with van der Waals surface area (Å²) in [5, 5.41) is 10.9. The average molecular weight is 353 g/mol. The molecule has 3 nitrogen and oxygen atoms in total. The number of hydrogen-bond donors (Lipinski definition) is 1. The molecule has 0 aromatic heterocycles. The lowest BCUT2D eigenvalue weighted by molar-refractivity contribution is 0.126. The molecule has 3 aliphatic rings. The minimum absolute atomic E-state index is 0.416. The van der Waals surface area contributed by atoms with Crippen LogP contribution in [0.25, 0.3) is 0 Å². The molecule has 0 aliphatic heterocycles. The molecule has 114 valence electrons. The predicted molar refractivity (Wildman–Crippen MR) is 83.5 cm³/mol. The topological polar surface area (TPSA) is 38.7 Å². The monoisotopic (exact) mass is 352 g/mol. The van der Waals surface area contributed by atoms with Crippen LogP contribution in [0.1, 0.15) is 30.9 Å². The number of aliphatic hydroxyl groups excluding tert-OH is 1. The first kappa shape index (κ1) is 13.9. The van der Waals surface area contributed by atoms with Gasteiger partial charge in [-0.1, -0.05) is 0 Å². The smallest absolute Gasteiger partial charge is 0.142 e. The van der Waals surface area contributed by atoms with Crippen LogP contribution in [0.5, 0.6) is 11.5 Å². The fourth-order valence-corrected chi connectivity index (χ4v) is 5.86. The molecule has 0 heterocycles. The summed E-state index contributed by atoms with van der Waals surface area (Å²) >= 11 is 3.53. The molecule has 3 saturated carbocycles. The Labute approximate surface area is 133 Å². The first-order chi connectivity index (χ1) is 10.2. The molecule has 4 heteroatoms. The van der Waals surface area contributed by atoms with Crippen molar-refractivity contribution in [3.8, 4) is 11.5 Å². The van der Waals surface area contributed by atoms with Crippen molar-refractivity contribution >= 4 is 15.9 Å². The molecule has 1 aromatic rings. The van der Waals surface area contributed by atoms with Gasteiger partial charge in [0.1, 0.15) is 16.0 Å². The molecule has 5 atom stereocenters. The van der Waals surface area contributed by atoms with Gasteiger partial charge >= 0.3 is 0 Å². The van der Waals surface area contributed by atoms with Gasteiger partial charge in [0.05, 0.1) is 20.3 Å². The van der Waals surface area contributed by atoms with Crippen LogP contribution in [-0.4, -0.2) is 19.3 Å². The molecule has 2 bridgehead atoms. The Kier molecular flexibility index (Phi) is 3.23. The number of benzene rings is 1. The highest BCUT2D eigenvalue weighted by molar-refractivity contribution is 9.10. The minimum atomic E-state index is -0.416. The van der Waals surface area contributed by atoms with Crippen molar-refractivity contribution in [2.45, 2.75) is 25.4 Å². The van der Waals surface area contributed by atoms with Crippen molar-refractivity contribution in [2.24, 2.45) is 29.6 Å². The number of ether oxygens (including phenoxy) is 2. The Hall–Kier alpha value is -0.740. The van der Waals surface area contributed by atoms with Crippen LogP contribution >= 0.6 is 15.9 Å². The second-order valence-electron chi connectivity index (χ2n) is 6.71. The molecule has 0 amide bonds. The Morgan fingerprint density at radius 3 is 2.38 bits per heavy atom. The van der Waals surface area contributed by atoms with Gasteiger partial charge in [0, 0.05) is 5.56 Å². The molecule has 0 spiro atoms. The van der Waals surface area contributed by atoms with Crippen LogP contribution in [0.3, 0.4) is 0 Å². The van der Waals surface area contributed by atoms with Crippen LogP contribution in [0.4, 0.5) is 0 Å².